The number of hydrogen-bond donors (Lipinski definition) is 2. The lowest BCUT2D eigenvalue weighted by Crippen LogP contribution is -2.52. The van der Waals surface area contributed by atoms with Gasteiger partial charge in [0.2, 0.25) is 11.8 Å². The molecule has 2 N–H and O–H groups in total. The number of piperazine rings is 2. The highest BCUT2D eigenvalue weighted by Crippen LogP contribution is 2.27. The number of nitrogens with zero attached hydrogens (tertiary/aromatic N) is 6. The minimum Gasteiger partial charge on any atom is -0.465 e. The maximum atomic E-state index is 13.4. The van der Waals surface area contributed by atoms with Crippen molar-refractivity contribution in [3.05, 3.63) is 46.3 Å². The highest BCUT2D eigenvalue weighted by atomic mass is 16.4. The number of benzene rings is 1. The Balaban J connectivity index is 1.19. The van der Waals surface area contributed by atoms with E-state index in [0.717, 1.165) is 43.6 Å². The van der Waals surface area contributed by atoms with Gasteiger partial charge in [0.05, 0.1) is 0 Å². The molecular formula is C28H37N7O5. The first-order valence-corrected chi connectivity index (χ1v) is 13.9. The summed E-state index contributed by atoms with van der Waals surface area (Å²) < 4.78 is 1.73. The van der Waals surface area contributed by atoms with Gasteiger partial charge in [0, 0.05) is 69.3 Å². The molecule has 214 valence electrons. The summed E-state index contributed by atoms with van der Waals surface area (Å²) in [6.45, 7) is 8.30. The Morgan fingerprint density at radius 2 is 1.52 bits per heavy atom. The van der Waals surface area contributed by atoms with Crippen molar-refractivity contribution in [3.8, 4) is 0 Å². The van der Waals surface area contributed by atoms with Gasteiger partial charge in [0.25, 0.3) is 5.91 Å². The number of carbonyl (C=O) groups is 4. The van der Waals surface area contributed by atoms with Gasteiger partial charge in [-0.25, -0.2) is 4.79 Å². The van der Waals surface area contributed by atoms with Crippen molar-refractivity contribution in [1.29, 1.82) is 0 Å². The third-order valence-corrected chi connectivity index (χ3v) is 8.35. The zero-order valence-corrected chi connectivity index (χ0v) is 23.2. The van der Waals surface area contributed by atoms with Gasteiger partial charge in [-0.3, -0.25) is 19.1 Å². The van der Waals surface area contributed by atoms with Crippen LogP contribution in [-0.4, -0.2) is 112 Å². The molecule has 0 unspecified atom stereocenters. The van der Waals surface area contributed by atoms with Crippen molar-refractivity contribution in [3.63, 3.8) is 0 Å². The van der Waals surface area contributed by atoms with Crippen molar-refractivity contribution in [2.45, 2.75) is 39.7 Å². The van der Waals surface area contributed by atoms with Crippen molar-refractivity contribution in [2.75, 3.05) is 63.8 Å². The number of carboxylic acid groups (broad SMARTS) is 1. The van der Waals surface area contributed by atoms with E-state index in [4.69, 9.17) is 5.11 Å². The van der Waals surface area contributed by atoms with Gasteiger partial charge in [-0.1, -0.05) is 12.1 Å². The molecule has 12 heteroatoms. The van der Waals surface area contributed by atoms with Crippen LogP contribution in [-0.2, 0) is 29.0 Å². The molecule has 3 aliphatic rings. The first-order chi connectivity index (χ1) is 19.2. The van der Waals surface area contributed by atoms with Gasteiger partial charge >= 0.3 is 6.09 Å². The predicted molar refractivity (Wildman–Crippen MR) is 147 cm³/mol. The van der Waals surface area contributed by atoms with E-state index >= 15 is 0 Å². The maximum Gasteiger partial charge on any atom is 0.405 e. The number of anilines is 1. The lowest BCUT2D eigenvalue weighted by molar-refractivity contribution is -0.132. The van der Waals surface area contributed by atoms with Crippen molar-refractivity contribution in [1.82, 2.24) is 29.8 Å². The lowest BCUT2D eigenvalue weighted by atomic mass is 10.1. The van der Waals surface area contributed by atoms with E-state index in [9.17, 15) is 19.2 Å². The van der Waals surface area contributed by atoms with E-state index < -0.39 is 6.09 Å². The number of fused-ring (bicyclic) bond motifs is 1. The van der Waals surface area contributed by atoms with E-state index in [2.05, 4.69) is 47.4 Å². The summed E-state index contributed by atoms with van der Waals surface area (Å²) in [4.78, 5) is 57.0. The maximum absolute atomic E-state index is 13.4. The van der Waals surface area contributed by atoms with E-state index in [0.29, 0.717) is 45.0 Å². The molecule has 0 spiro atoms. The molecular weight excluding hydrogens is 514 g/mol. The fourth-order valence-corrected chi connectivity index (χ4v) is 5.89. The molecule has 1 aromatic heterocycles. The van der Waals surface area contributed by atoms with Crippen LogP contribution in [0.2, 0.25) is 0 Å². The van der Waals surface area contributed by atoms with E-state index in [1.807, 2.05) is 4.90 Å². The molecule has 0 bridgehead atoms. The number of amides is 4. The third kappa shape index (κ3) is 5.61. The molecule has 3 heterocycles. The Kier molecular flexibility index (Phi) is 7.95. The number of carbonyl (C=O) groups excluding carboxylic acids is 3. The largest absolute Gasteiger partial charge is 0.465 e. The SMILES string of the molecule is Cc1cccc(N2CCN(C(=O)Cn3nc(C(=O)N4CCN(C(=O)CNC(=O)O)CC4)c4c3CCC4)CC2)c1C. The normalized spacial score (nSPS) is 17.1. The molecule has 0 radical (unpaired) electrons. The Morgan fingerprint density at radius 3 is 2.23 bits per heavy atom. The highest BCUT2D eigenvalue weighted by Gasteiger charge is 2.32. The summed E-state index contributed by atoms with van der Waals surface area (Å²) in [5.41, 5.74) is 6.07. The van der Waals surface area contributed by atoms with E-state index in [-0.39, 0.29) is 30.8 Å². The Bertz CT molecular complexity index is 1310. The van der Waals surface area contributed by atoms with Crippen LogP contribution in [0.4, 0.5) is 10.5 Å². The first-order valence-electron chi connectivity index (χ1n) is 13.9. The minimum absolute atomic E-state index is 0.0129. The number of aromatic nitrogens is 2. The molecule has 12 nitrogen and oxygen atoms in total. The fraction of sp³-hybridized carbons (Fsp3) is 0.536. The van der Waals surface area contributed by atoms with Crippen molar-refractivity contribution >= 4 is 29.5 Å². The molecule has 40 heavy (non-hydrogen) atoms. The molecule has 2 saturated heterocycles. The van der Waals surface area contributed by atoms with Crippen LogP contribution in [0.5, 0.6) is 0 Å². The van der Waals surface area contributed by atoms with Gasteiger partial charge in [-0.2, -0.15) is 5.10 Å². The van der Waals surface area contributed by atoms with Crippen LogP contribution >= 0.6 is 0 Å². The zero-order chi connectivity index (χ0) is 28.4. The fourth-order valence-electron chi connectivity index (χ4n) is 5.89. The smallest absolute Gasteiger partial charge is 0.405 e. The van der Waals surface area contributed by atoms with E-state index in [1.165, 1.54) is 16.8 Å². The van der Waals surface area contributed by atoms with Crippen LogP contribution < -0.4 is 10.2 Å². The average molecular weight is 552 g/mol. The molecule has 2 aliphatic heterocycles. The van der Waals surface area contributed by atoms with Gasteiger partial charge in [-0.15, -0.1) is 0 Å². The quantitative estimate of drug-likeness (QED) is 0.545. The molecule has 2 aromatic rings. The summed E-state index contributed by atoms with van der Waals surface area (Å²) in [6.07, 6.45) is 1.24. The Hall–Kier alpha value is -4.09. The summed E-state index contributed by atoms with van der Waals surface area (Å²) in [5.74, 6) is -0.478. The molecule has 0 saturated carbocycles. The Morgan fingerprint density at radius 1 is 0.875 bits per heavy atom. The van der Waals surface area contributed by atoms with Crippen LogP contribution in [0.25, 0.3) is 0 Å². The number of rotatable bonds is 6. The highest BCUT2D eigenvalue weighted by molar-refractivity contribution is 5.94. The average Bonchev–Trinajstić information content (AvgIpc) is 3.57. The van der Waals surface area contributed by atoms with Gasteiger partial charge in [-0.05, 0) is 50.3 Å². The second kappa shape index (κ2) is 11.6. The van der Waals surface area contributed by atoms with Crippen LogP contribution in [0.3, 0.4) is 0 Å². The number of hydrogen-bond acceptors (Lipinski definition) is 6. The summed E-state index contributed by atoms with van der Waals surface area (Å²) >= 11 is 0. The zero-order valence-electron chi connectivity index (χ0n) is 23.2. The van der Waals surface area contributed by atoms with Crippen molar-refractivity contribution in [2.24, 2.45) is 0 Å². The molecule has 1 aliphatic carbocycles. The molecule has 0 atom stereocenters. The second-order valence-corrected chi connectivity index (χ2v) is 10.7. The second-order valence-electron chi connectivity index (χ2n) is 10.7. The predicted octanol–water partition coefficient (Wildman–Crippen LogP) is 0.889. The van der Waals surface area contributed by atoms with Gasteiger partial charge in [0.1, 0.15) is 13.1 Å². The summed E-state index contributed by atoms with van der Waals surface area (Å²) in [6, 6.07) is 6.33. The van der Waals surface area contributed by atoms with Crippen LogP contribution in [0.15, 0.2) is 18.2 Å². The van der Waals surface area contributed by atoms with Crippen LogP contribution in [0, 0.1) is 13.8 Å². The van der Waals surface area contributed by atoms with Crippen LogP contribution in [0.1, 0.15) is 39.3 Å². The van der Waals surface area contributed by atoms with Crippen molar-refractivity contribution < 1.29 is 24.3 Å². The molecule has 5 rings (SSSR count). The third-order valence-electron chi connectivity index (χ3n) is 8.35. The number of aryl methyl sites for hydroxylation is 1. The number of nitrogens with one attached hydrogen (secondary N) is 1. The molecule has 2 fully saturated rings. The minimum atomic E-state index is -1.25. The topological polar surface area (TPSA) is 131 Å². The summed E-state index contributed by atoms with van der Waals surface area (Å²) in [7, 11) is 0. The standard InChI is InChI=1S/C28H37N7O5/c1-19-5-3-7-22(20(19)2)31-9-11-33(12-10-31)25(37)18-35-23-8-4-6-21(23)26(30-35)27(38)34-15-13-32(14-16-34)24(36)17-29-28(39)40/h3,5,7,29H,4,6,8-18H2,1-2H3,(H,39,40). The van der Waals surface area contributed by atoms with E-state index in [1.54, 1.807) is 14.5 Å². The Labute approximate surface area is 233 Å². The van der Waals surface area contributed by atoms with Gasteiger partial charge in [0.15, 0.2) is 5.69 Å². The van der Waals surface area contributed by atoms with Gasteiger partial charge < -0.3 is 30.0 Å². The molecule has 1 aromatic carbocycles. The first kappa shape index (κ1) is 27.5. The summed E-state index contributed by atoms with van der Waals surface area (Å²) in [5, 5.41) is 15.4. The molecule has 4 amide bonds. The lowest BCUT2D eigenvalue weighted by Gasteiger charge is -2.37. The monoisotopic (exact) mass is 551 g/mol.